The van der Waals surface area contributed by atoms with Gasteiger partial charge in [-0.15, -0.1) is 11.3 Å². The summed E-state index contributed by atoms with van der Waals surface area (Å²) < 4.78 is 32.9. The predicted octanol–water partition coefficient (Wildman–Crippen LogP) is 2.43. The first-order valence-corrected chi connectivity index (χ1v) is 11.9. The molecule has 2 aromatic rings. The van der Waals surface area contributed by atoms with Gasteiger partial charge in [0.15, 0.2) is 0 Å². The van der Waals surface area contributed by atoms with Crippen LogP contribution in [0, 0.1) is 0 Å². The summed E-state index contributed by atoms with van der Waals surface area (Å²) in [6, 6.07) is 6.56. The van der Waals surface area contributed by atoms with Gasteiger partial charge in [-0.05, 0) is 56.1 Å². The first-order valence-electron chi connectivity index (χ1n) is 9.68. The SMILES string of the molecule is COc1ccc(S(=O)(=O)N2CCN(C)CC2)cc1NC(=O)c1cc2c(s1)CCC2. The maximum atomic E-state index is 13.1. The number of likely N-dealkylation sites (N-methyl/N-ethyl adjacent to an activating group) is 1. The Morgan fingerprint density at radius 1 is 1.14 bits per heavy atom. The lowest BCUT2D eigenvalue weighted by Gasteiger charge is -2.31. The molecule has 7 nitrogen and oxygen atoms in total. The normalized spacial score (nSPS) is 17.9. The van der Waals surface area contributed by atoms with Crippen molar-refractivity contribution in [3.05, 3.63) is 39.6 Å². The molecule has 156 valence electrons. The van der Waals surface area contributed by atoms with E-state index < -0.39 is 10.0 Å². The van der Waals surface area contributed by atoms with E-state index in [4.69, 9.17) is 4.74 Å². The number of carbonyl (C=O) groups is 1. The molecule has 0 bridgehead atoms. The van der Waals surface area contributed by atoms with Crippen molar-refractivity contribution in [2.24, 2.45) is 0 Å². The summed E-state index contributed by atoms with van der Waals surface area (Å²) in [5.74, 6) is 0.191. The van der Waals surface area contributed by atoms with Crippen molar-refractivity contribution in [1.82, 2.24) is 9.21 Å². The van der Waals surface area contributed by atoms with E-state index in [1.165, 1.54) is 45.3 Å². The summed E-state index contributed by atoms with van der Waals surface area (Å²) in [5, 5.41) is 2.84. The number of sulfonamides is 1. The highest BCUT2D eigenvalue weighted by Gasteiger charge is 2.28. The number of fused-ring (bicyclic) bond motifs is 1. The van der Waals surface area contributed by atoms with Crippen LogP contribution < -0.4 is 10.1 Å². The minimum Gasteiger partial charge on any atom is -0.495 e. The molecule has 1 N–H and O–H groups in total. The third-order valence-electron chi connectivity index (χ3n) is 5.49. The van der Waals surface area contributed by atoms with Gasteiger partial charge in [0, 0.05) is 31.1 Å². The quantitative estimate of drug-likeness (QED) is 0.780. The van der Waals surface area contributed by atoms with Gasteiger partial charge in [-0.3, -0.25) is 4.79 Å². The number of aryl methyl sites for hydroxylation is 2. The zero-order chi connectivity index (χ0) is 20.6. The summed E-state index contributed by atoms with van der Waals surface area (Å²) in [4.78, 5) is 16.9. The van der Waals surface area contributed by atoms with Crippen molar-refractivity contribution >= 4 is 33.0 Å². The Morgan fingerprint density at radius 2 is 1.90 bits per heavy atom. The number of benzene rings is 1. The van der Waals surface area contributed by atoms with Gasteiger partial charge in [-0.1, -0.05) is 0 Å². The first kappa shape index (κ1) is 20.3. The van der Waals surface area contributed by atoms with Crippen LogP contribution in [-0.4, -0.2) is 63.9 Å². The number of amides is 1. The molecule has 1 fully saturated rings. The summed E-state index contributed by atoms with van der Waals surface area (Å²) in [5.41, 5.74) is 1.61. The molecule has 1 aliphatic heterocycles. The lowest BCUT2D eigenvalue weighted by atomic mass is 10.2. The molecule has 0 atom stereocenters. The van der Waals surface area contributed by atoms with Gasteiger partial charge >= 0.3 is 0 Å². The van der Waals surface area contributed by atoms with E-state index in [1.54, 1.807) is 6.07 Å². The molecule has 2 heterocycles. The number of nitrogens with one attached hydrogen (secondary N) is 1. The van der Waals surface area contributed by atoms with Crippen LogP contribution in [-0.2, 0) is 22.9 Å². The van der Waals surface area contributed by atoms with Gasteiger partial charge in [0.1, 0.15) is 5.75 Å². The van der Waals surface area contributed by atoms with Crippen LogP contribution in [0.3, 0.4) is 0 Å². The second-order valence-electron chi connectivity index (χ2n) is 7.44. The fourth-order valence-electron chi connectivity index (χ4n) is 3.75. The number of thiophene rings is 1. The van der Waals surface area contributed by atoms with Crippen molar-refractivity contribution in [2.45, 2.75) is 24.2 Å². The van der Waals surface area contributed by atoms with Crippen LogP contribution in [0.15, 0.2) is 29.2 Å². The van der Waals surface area contributed by atoms with Crippen LogP contribution in [0.25, 0.3) is 0 Å². The molecule has 0 saturated carbocycles. The Hall–Kier alpha value is -1.94. The van der Waals surface area contributed by atoms with Crippen molar-refractivity contribution in [1.29, 1.82) is 0 Å². The third-order valence-corrected chi connectivity index (χ3v) is 8.62. The maximum Gasteiger partial charge on any atom is 0.265 e. The zero-order valence-corrected chi connectivity index (χ0v) is 18.2. The lowest BCUT2D eigenvalue weighted by molar-refractivity contribution is 0.103. The van der Waals surface area contributed by atoms with E-state index in [1.807, 2.05) is 13.1 Å². The monoisotopic (exact) mass is 435 g/mol. The van der Waals surface area contributed by atoms with Gasteiger partial charge in [0.2, 0.25) is 10.0 Å². The molecule has 0 radical (unpaired) electrons. The number of methoxy groups -OCH3 is 1. The molecule has 1 saturated heterocycles. The van der Waals surface area contributed by atoms with Crippen LogP contribution in [0.1, 0.15) is 26.5 Å². The number of hydrogen-bond donors (Lipinski definition) is 1. The molecule has 29 heavy (non-hydrogen) atoms. The minimum atomic E-state index is -3.63. The van der Waals surface area contributed by atoms with Gasteiger partial charge in [0.25, 0.3) is 5.91 Å². The molecule has 1 aliphatic carbocycles. The second kappa shape index (κ2) is 8.06. The first-order chi connectivity index (χ1) is 13.9. The Morgan fingerprint density at radius 3 is 2.59 bits per heavy atom. The second-order valence-corrected chi connectivity index (χ2v) is 10.5. The Labute approximate surface area is 175 Å². The fraction of sp³-hybridized carbons (Fsp3) is 0.450. The van der Waals surface area contributed by atoms with E-state index >= 15 is 0 Å². The average molecular weight is 436 g/mol. The van der Waals surface area contributed by atoms with Gasteiger partial charge < -0.3 is 15.0 Å². The van der Waals surface area contributed by atoms with Crippen molar-refractivity contribution in [2.75, 3.05) is 45.7 Å². The number of anilines is 1. The number of piperazine rings is 1. The van der Waals surface area contributed by atoms with Crippen LogP contribution in [0.2, 0.25) is 0 Å². The number of carbonyl (C=O) groups excluding carboxylic acids is 1. The summed E-state index contributed by atoms with van der Waals surface area (Å²) >= 11 is 1.51. The highest BCUT2D eigenvalue weighted by molar-refractivity contribution is 7.89. The average Bonchev–Trinajstić information content (AvgIpc) is 3.30. The fourth-order valence-corrected chi connectivity index (χ4v) is 6.35. The molecule has 1 amide bonds. The predicted molar refractivity (Wildman–Crippen MR) is 114 cm³/mol. The van der Waals surface area contributed by atoms with Crippen molar-refractivity contribution < 1.29 is 17.9 Å². The molecular weight excluding hydrogens is 410 g/mol. The van der Waals surface area contributed by atoms with E-state index in [0.717, 1.165) is 19.3 Å². The Balaban J connectivity index is 1.58. The molecular formula is C20H25N3O4S2. The molecule has 0 spiro atoms. The molecule has 9 heteroatoms. The van der Waals surface area contributed by atoms with E-state index in [0.29, 0.717) is 42.5 Å². The van der Waals surface area contributed by atoms with Crippen LogP contribution in [0.4, 0.5) is 5.69 Å². The number of nitrogens with zero attached hydrogens (tertiary/aromatic N) is 2. The van der Waals surface area contributed by atoms with E-state index in [9.17, 15) is 13.2 Å². The largest absolute Gasteiger partial charge is 0.495 e. The zero-order valence-electron chi connectivity index (χ0n) is 16.6. The highest BCUT2D eigenvalue weighted by atomic mass is 32.2. The summed E-state index contributed by atoms with van der Waals surface area (Å²) in [6.45, 7) is 2.30. The topological polar surface area (TPSA) is 79.0 Å². The molecule has 1 aromatic heterocycles. The third kappa shape index (κ3) is 4.05. The summed E-state index contributed by atoms with van der Waals surface area (Å²) in [7, 11) is -0.151. The standard InChI is InChI=1S/C20H25N3O4S2/c1-22-8-10-23(11-9-22)29(25,26)15-6-7-17(27-2)16(13-15)21-20(24)19-12-14-4-3-5-18(14)28-19/h6-7,12-13H,3-5,8-11H2,1-2H3,(H,21,24). The summed E-state index contributed by atoms with van der Waals surface area (Å²) in [6.07, 6.45) is 3.18. The minimum absolute atomic E-state index is 0.159. The van der Waals surface area contributed by atoms with Gasteiger partial charge in [-0.25, -0.2) is 8.42 Å². The highest BCUT2D eigenvalue weighted by Crippen LogP contribution is 2.33. The van der Waals surface area contributed by atoms with Gasteiger partial charge in [0.05, 0.1) is 22.6 Å². The molecule has 0 unspecified atom stereocenters. The lowest BCUT2D eigenvalue weighted by Crippen LogP contribution is -2.47. The van der Waals surface area contributed by atoms with Gasteiger partial charge in [-0.2, -0.15) is 4.31 Å². The molecule has 4 rings (SSSR count). The van der Waals surface area contributed by atoms with Crippen molar-refractivity contribution in [3.8, 4) is 5.75 Å². The maximum absolute atomic E-state index is 13.1. The molecule has 2 aliphatic rings. The Bertz CT molecular complexity index is 1000. The Kier molecular flexibility index (Phi) is 5.65. The van der Waals surface area contributed by atoms with E-state index in [-0.39, 0.29) is 10.8 Å². The number of rotatable bonds is 5. The number of hydrogen-bond acceptors (Lipinski definition) is 6. The number of ether oxygens (including phenoxy) is 1. The molecule has 1 aromatic carbocycles. The van der Waals surface area contributed by atoms with Crippen LogP contribution in [0.5, 0.6) is 5.75 Å². The van der Waals surface area contributed by atoms with Crippen molar-refractivity contribution in [3.63, 3.8) is 0 Å². The van der Waals surface area contributed by atoms with Crippen LogP contribution >= 0.6 is 11.3 Å². The smallest absolute Gasteiger partial charge is 0.265 e. The van der Waals surface area contributed by atoms with E-state index in [2.05, 4.69) is 10.2 Å².